The Hall–Kier alpha value is -0.570. The highest BCUT2D eigenvalue weighted by atomic mass is 16.2. The van der Waals surface area contributed by atoms with Crippen LogP contribution < -0.4 is 5.73 Å². The highest BCUT2D eigenvalue weighted by Crippen LogP contribution is 2.31. The van der Waals surface area contributed by atoms with Crippen molar-refractivity contribution in [3.8, 4) is 0 Å². The minimum Gasteiger partial charge on any atom is -0.338 e. The molecule has 80 valence electrons. The van der Waals surface area contributed by atoms with Gasteiger partial charge in [0.25, 0.3) is 0 Å². The van der Waals surface area contributed by atoms with Crippen molar-refractivity contribution in [3.63, 3.8) is 0 Å². The molecule has 0 bridgehead atoms. The van der Waals surface area contributed by atoms with Crippen molar-refractivity contribution in [3.05, 3.63) is 0 Å². The maximum absolute atomic E-state index is 11.9. The predicted octanol–water partition coefficient (Wildman–Crippen LogP) is 1.13. The van der Waals surface area contributed by atoms with Gasteiger partial charge in [0.1, 0.15) is 0 Å². The Morgan fingerprint density at radius 2 is 2.07 bits per heavy atom. The van der Waals surface area contributed by atoms with Crippen LogP contribution in [-0.2, 0) is 4.79 Å². The number of likely N-dealkylation sites (tertiary alicyclic amines) is 1. The van der Waals surface area contributed by atoms with Crippen LogP contribution in [0.3, 0.4) is 0 Å². The largest absolute Gasteiger partial charge is 0.338 e. The second-order valence-electron chi connectivity index (χ2n) is 4.62. The summed E-state index contributed by atoms with van der Waals surface area (Å²) in [7, 11) is 0. The van der Waals surface area contributed by atoms with Crippen molar-refractivity contribution in [1.82, 2.24) is 4.90 Å². The summed E-state index contributed by atoms with van der Waals surface area (Å²) < 4.78 is 0. The van der Waals surface area contributed by atoms with Crippen LogP contribution in [0.25, 0.3) is 0 Å². The molecule has 0 aromatic rings. The predicted molar refractivity (Wildman–Crippen MR) is 55.7 cm³/mol. The lowest BCUT2D eigenvalue weighted by Gasteiger charge is -2.29. The zero-order valence-electron chi connectivity index (χ0n) is 8.74. The molecular formula is C11H20N2O. The Bertz CT molecular complexity index is 213. The number of nitrogens with zero attached hydrogens (tertiary/aromatic N) is 1. The second kappa shape index (κ2) is 4.30. The minimum absolute atomic E-state index is 0.336. The molecule has 0 aromatic carbocycles. The molecule has 3 nitrogen and oxygen atoms in total. The van der Waals surface area contributed by atoms with Crippen LogP contribution in [0.15, 0.2) is 0 Å². The van der Waals surface area contributed by atoms with Gasteiger partial charge in [0, 0.05) is 25.6 Å². The summed E-state index contributed by atoms with van der Waals surface area (Å²) in [5.41, 5.74) is 5.65. The van der Waals surface area contributed by atoms with Crippen LogP contribution in [0, 0.1) is 5.92 Å². The van der Waals surface area contributed by atoms with Gasteiger partial charge in [-0.05, 0) is 31.6 Å². The van der Waals surface area contributed by atoms with Gasteiger partial charge in [-0.3, -0.25) is 4.79 Å². The van der Waals surface area contributed by atoms with E-state index in [-0.39, 0.29) is 0 Å². The molecule has 3 heteroatoms. The van der Waals surface area contributed by atoms with Gasteiger partial charge in [-0.1, -0.05) is 6.42 Å². The summed E-state index contributed by atoms with van der Waals surface area (Å²) in [4.78, 5) is 13.9. The normalized spacial score (nSPS) is 27.8. The minimum atomic E-state index is 0.336. The van der Waals surface area contributed by atoms with E-state index >= 15 is 0 Å². The maximum atomic E-state index is 11.9. The standard InChI is InChI=1S/C11H20N2O/c12-8-10-5-2-6-13(10)11(14)7-9-3-1-4-9/h9-10H,1-8,12H2. The molecule has 2 rings (SSSR count). The number of amides is 1. The van der Waals surface area contributed by atoms with E-state index in [0.717, 1.165) is 25.8 Å². The number of hydrogen-bond donors (Lipinski definition) is 1. The van der Waals surface area contributed by atoms with E-state index in [9.17, 15) is 4.79 Å². The van der Waals surface area contributed by atoms with Crippen molar-refractivity contribution in [1.29, 1.82) is 0 Å². The summed E-state index contributed by atoms with van der Waals surface area (Å²) in [6.45, 7) is 1.57. The maximum Gasteiger partial charge on any atom is 0.223 e. The molecule has 0 spiro atoms. The fourth-order valence-corrected chi connectivity index (χ4v) is 2.47. The molecule has 1 aliphatic carbocycles. The lowest BCUT2D eigenvalue weighted by molar-refractivity contribution is -0.133. The average Bonchev–Trinajstić information content (AvgIpc) is 2.58. The van der Waals surface area contributed by atoms with Gasteiger partial charge < -0.3 is 10.6 Å². The number of rotatable bonds is 3. The third-order valence-electron chi connectivity index (χ3n) is 3.66. The molecule has 1 saturated heterocycles. The van der Waals surface area contributed by atoms with Gasteiger partial charge in [-0.25, -0.2) is 0 Å². The smallest absolute Gasteiger partial charge is 0.223 e. The average molecular weight is 196 g/mol. The molecule has 0 aromatic heterocycles. The summed E-state index contributed by atoms with van der Waals surface area (Å²) in [5, 5.41) is 0. The van der Waals surface area contributed by atoms with E-state index in [0.29, 0.717) is 24.4 Å². The van der Waals surface area contributed by atoms with Crippen LogP contribution in [-0.4, -0.2) is 29.9 Å². The van der Waals surface area contributed by atoms with Crippen LogP contribution in [0.5, 0.6) is 0 Å². The molecular weight excluding hydrogens is 176 g/mol. The molecule has 1 saturated carbocycles. The van der Waals surface area contributed by atoms with E-state index in [1.807, 2.05) is 4.90 Å². The van der Waals surface area contributed by atoms with Gasteiger partial charge in [0.2, 0.25) is 5.91 Å². The topological polar surface area (TPSA) is 46.3 Å². The van der Waals surface area contributed by atoms with E-state index in [1.54, 1.807) is 0 Å². The number of nitrogens with two attached hydrogens (primary N) is 1. The third-order valence-corrected chi connectivity index (χ3v) is 3.66. The quantitative estimate of drug-likeness (QED) is 0.735. The fourth-order valence-electron chi connectivity index (χ4n) is 2.47. The third kappa shape index (κ3) is 1.92. The Morgan fingerprint density at radius 1 is 1.29 bits per heavy atom. The molecule has 2 N–H and O–H groups in total. The SMILES string of the molecule is NCC1CCCN1C(=O)CC1CCC1. The van der Waals surface area contributed by atoms with E-state index < -0.39 is 0 Å². The molecule has 1 aliphatic heterocycles. The van der Waals surface area contributed by atoms with Crippen molar-refractivity contribution in [2.24, 2.45) is 11.7 Å². The first-order chi connectivity index (χ1) is 6.81. The molecule has 0 radical (unpaired) electrons. The summed E-state index contributed by atoms with van der Waals surface area (Å²) in [6, 6.07) is 0.336. The first-order valence-electron chi connectivity index (χ1n) is 5.81. The second-order valence-corrected chi connectivity index (χ2v) is 4.62. The number of hydrogen-bond acceptors (Lipinski definition) is 2. The zero-order valence-corrected chi connectivity index (χ0v) is 8.74. The summed E-state index contributed by atoms with van der Waals surface area (Å²) in [6.07, 6.45) is 6.85. The van der Waals surface area contributed by atoms with Gasteiger partial charge in [0.15, 0.2) is 0 Å². The van der Waals surface area contributed by atoms with E-state index in [2.05, 4.69) is 0 Å². The highest BCUT2D eigenvalue weighted by molar-refractivity contribution is 5.77. The number of carbonyl (C=O) groups excluding carboxylic acids is 1. The number of carbonyl (C=O) groups is 1. The lowest BCUT2D eigenvalue weighted by Crippen LogP contribution is -2.41. The summed E-state index contributed by atoms with van der Waals surface area (Å²) in [5.74, 6) is 1.03. The molecule has 2 aliphatic rings. The molecule has 1 amide bonds. The monoisotopic (exact) mass is 196 g/mol. The first kappa shape index (κ1) is 9.97. The van der Waals surface area contributed by atoms with Crippen LogP contribution in [0.2, 0.25) is 0 Å². The highest BCUT2D eigenvalue weighted by Gasteiger charge is 2.30. The van der Waals surface area contributed by atoms with Gasteiger partial charge in [-0.15, -0.1) is 0 Å². The Kier molecular flexibility index (Phi) is 3.06. The van der Waals surface area contributed by atoms with E-state index in [4.69, 9.17) is 5.73 Å². The molecule has 1 heterocycles. The Balaban J connectivity index is 1.83. The van der Waals surface area contributed by atoms with Gasteiger partial charge >= 0.3 is 0 Å². The van der Waals surface area contributed by atoms with Crippen molar-refractivity contribution in [2.45, 2.75) is 44.6 Å². The van der Waals surface area contributed by atoms with Crippen molar-refractivity contribution < 1.29 is 4.79 Å². The Morgan fingerprint density at radius 3 is 2.64 bits per heavy atom. The van der Waals surface area contributed by atoms with Crippen LogP contribution in [0.4, 0.5) is 0 Å². The van der Waals surface area contributed by atoms with Crippen molar-refractivity contribution in [2.75, 3.05) is 13.1 Å². The van der Waals surface area contributed by atoms with Crippen molar-refractivity contribution >= 4 is 5.91 Å². The van der Waals surface area contributed by atoms with Crippen LogP contribution >= 0.6 is 0 Å². The van der Waals surface area contributed by atoms with Crippen LogP contribution in [0.1, 0.15) is 38.5 Å². The van der Waals surface area contributed by atoms with Gasteiger partial charge in [0.05, 0.1) is 0 Å². The Labute approximate surface area is 85.6 Å². The van der Waals surface area contributed by atoms with E-state index in [1.165, 1.54) is 19.3 Å². The van der Waals surface area contributed by atoms with Gasteiger partial charge in [-0.2, -0.15) is 0 Å². The summed E-state index contributed by atoms with van der Waals surface area (Å²) >= 11 is 0. The zero-order chi connectivity index (χ0) is 9.97. The molecule has 14 heavy (non-hydrogen) atoms. The lowest BCUT2D eigenvalue weighted by atomic mass is 9.82. The molecule has 1 unspecified atom stereocenters. The fraction of sp³-hybridized carbons (Fsp3) is 0.909. The first-order valence-corrected chi connectivity index (χ1v) is 5.81. The molecule has 1 atom stereocenters. The molecule has 2 fully saturated rings.